The van der Waals surface area contributed by atoms with Crippen LogP contribution < -0.4 is 9.62 Å². The number of hydrogen-bond acceptors (Lipinski definition) is 6. The Morgan fingerprint density at radius 1 is 1.13 bits per heavy atom. The smallest absolute Gasteiger partial charge is 0.214 e. The van der Waals surface area contributed by atoms with Crippen molar-refractivity contribution in [2.24, 2.45) is 0 Å². The molecule has 2 fully saturated rings. The SMILES string of the molecule is O=S(=O)(NC1CCN(c2ncnc3cnccc23)CC1)C1CC1. The fourth-order valence-corrected chi connectivity index (χ4v) is 4.71. The predicted octanol–water partition coefficient (Wildman–Crippen LogP) is 1.08. The van der Waals surface area contributed by atoms with Gasteiger partial charge in [0.25, 0.3) is 0 Å². The minimum absolute atomic E-state index is 0.0339. The molecule has 1 aliphatic carbocycles. The van der Waals surface area contributed by atoms with Gasteiger partial charge >= 0.3 is 0 Å². The number of nitrogens with zero attached hydrogens (tertiary/aromatic N) is 4. The summed E-state index contributed by atoms with van der Waals surface area (Å²) in [4.78, 5) is 14.9. The van der Waals surface area contributed by atoms with Gasteiger partial charge in [0.15, 0.2) is 0 Å². The maximum absolute atomic E-state index is 12.0. The van der Waals surface area contributed by atoms with Crippen LogP contribution in [0.5, 0.6) is 0 Å². The first kappa shape index (κ1) is 14.8. The minimum Gasteiger partial charge on any atom is -0.356 e. The van der Waals surface area contributed by atoms with E-state index in [1.165, 1.54) is 0 Å². The second kappa shape index (κ2) is 5.68. The van der Waals surface area contributed by atoms with Gasteiger partial charge in [-0.05, 0) is 31.7 Å². The van der Waals surface area contributed by atoms with Crippen molar-refractivity contribution in [1.29, 1.82) is 0 Å². The zero-order chi connectivity index (χ0) is 15.9. The van der Waals surface area contributed by atoms with Crippen LogP contribution in [0.3, 0.4) is 0 Å². The van der Waals surface area contributed by atoms with Gasteiger partial charge in [0.1, 0.15) is 12.1 Å². The van der Waals surface area contributed by atoms with Gasteiger partial charge in [-0.1, -0.05) is 0 Å². The van der Waals surface area contributed by atoms with Crippen LogP contribution in [0.25, 0.3) is 10.9 Å². The van der Waals surface area contributed by atoms with Crippen LogP contribution in [-0.4, -0.2) is 47.8 Å². The molecule has 7 nitrogen and oxygen atoms in total. The molecule has 1 saturated heterocycles. The van der Waals surface area contributed by atoms with Gasteiger partial charge in [-0.2, -0.15) is 0 Å². The fraction of sp³-hybridized carbons (Fsp3) is 0.533. The summed E-state index contributed by atoms with van der Waals surface area (Å²) >= 11 is 0. The molecule has 0 unspecified atom stereocenters. The lowest BCUT2D eigenvalue weighted by atomic mass is 10.1. The third-order valence-electron chi connectivity index (χ3n) is 4.51. The van der Waals surface area contributed by atoms with Crippen LogP contribution in [0.2, 0.25) is 0 Å². The summed E-state index contributed by atoms with van der Waals surface area (Å²) in [6.45, 7) is 1.57. The Bertz CT molecular complexity index is 808. The Balaban J connectivity index is 1.47. The molecule has 0 amide bonds. The molecule has 2 aromatic rings. The van der Waals surface area contributed by atoms with E-state index < -0.39 is 10.0 Å². The van der Waals surface area contributed by atoms with E-state index in [1.807, 2.05) is 6.07 Å². The fourth-order valence-electron chi connectivity index (χ4n) is 3.06. The number of aromatic nitrogens is 3. The molecule has 4 rings (SSSR count). The highest BCUT2D eigenvalue weighted by molar-refractivity contribution is 7.90. The van der Waals surface area contributed by atoms with Crippen molar-refractivity contribution < 1.29 is 8.42 Å². The van der Waals surface area contributed by atoms with Crippen molar-refractivity contribution in [2.45, 2.75) is 37.0 Å². The van der Waals surface area contributed by atoms with Crippen LogP contribution in [0.4, 0.5) is 5.82 Å². The van der Waals surface area contributed by atoms with Gasteiger partial charge in [0, 0.05) is 30.7 Å². The van der Waals surface area contributed by atoms with Gasteiger partial charge < -0.3 is 4.90 Å². The Morgan fingerprint density at radius 2 is 1.91 bits per heavy atom. The highest BCUT2D eigenvalue weighted by Crippen LogP contribution is 2.29. The van der Waals surface area contributed by atoms with E-state index in [0.29, 0.717) is 0 Å². The Hall–Kier alpha value is -1.80. The van der Waals surface area contributed by atoms with Gasteiger partial charge in [0.2, 0.25) is 10.0 Å². The van der Waals surface area contributed by atoms with E-state index in [-0.39, 0.29) is 11.3 Å². The average molecular weight is 333 g/mol. The van der Waals surface area contributed by atoms with Crippen molar-refractivity contribution in [3.8, 4) is 0 Å². The molecule has 8 heteroatoms. The lowest BCUT2D eigenvalue weighted by Crippen LogP contribution is -2.45. The second-order valence-corrected chi connectivity index (χ2v) is 8.21. The van der Waals surface area contributed by atoms with Crippen LogP contribution in [0, 0.1) is 0 Å². The Kier molecular flexibility index (Phi) is 3.65. The van der Waals surface area contributed by atoms with Crippen LogP contribution in [0.15, 0.2) is 24.8 Å². The lowest BCUT2D eigenvalue weighted by Gasteiger charge is -2.33. The highest BCUT2D eigenvalue weighted by atomic mass is 32.2. The third-order valence-corrected chi connectivity index (χ3v) is 6.52. The molecule has 0 bridgehead atoms. The van der Waals surface area contributed by atoms with Crippen molar-refractivity contribution in [2.75, 3.05) is 18.0 Å². The summed E-state index contributed by atoms with van der Waals surface area (Å²) in [7, 11) is -3.11. The molecule has 0 atom stereocenters. The van der Waals surface area contributed by atoms with E-state index in [1.54, 1.807) is 18.7 Å². The average Bonchev–Trinajstić information content (AvgIpc) is 3.40. The van der Waals surface area contributed by atoms with E-state index in [4.69, 9.17) is 0 Å². The molecule has 2 aliphatic rings. The number of rotatable bonds is 4. The van der Waals surface area contributed by atoms with Crippen LogP contribution >= 0.6 is 0 Å². The lowest BCUT2D eigenvalue weighted by molar-refractivity contribution is 0.458. The summed E-state index contributed by atoms with van der Waals surface area (Å²) in [5, 5.41) is 0.832. The first-order valence-electron chi connectivity index (χ1n) is 7.94. The van der Waals surface area contributed by atoms with Gasteiger partial charge in [0.05, 0.1) is 17.0 Å². The predicted molar refractivity (Wildman–Crippen MR) is 87.6 cm³/mol. The molecule has 2 aromatic heterocycles. The van der Waals surface area contributed by atoms with Crippen molar-refractivity contribution in [3.05, 3.63) is 24.8 Å². The largest absolute Gasteiger partial charge is 0.356 e. The van der Waals surface area contributed by atoms with Crippen molar-refractivity contribution >= 4 is 26.7 Å². The summed E-state index contributed by atoms with van der Waals surface area (Å²) in [6, 6.07) is 1.96. The van der Waals surface area contributed by atoms with Crippen LogP contribution in [-0.2, 0) is 10.0 Å². The number of fused-ring (bicyclic) bond motifs is 1. The number of piperidine rings is 1. The molecule has 1 N–H and O–H groups in total. The minimum atomic E-state index is -3.11. The summed E-state index contributed by atoms with van der Waals surface area (Å²) < 4.78 is 26.9. The summed E-state index contributed by atoms with van der Waals surface area (Å²) in [6.07, 6.45) is 8.22. The highest BCUT2D eigenvalue weighted by Gasteiger charge is 2.37. The van der Waals surface area contributed by atoms with E-state index in [2.05, 4.69) is 24.6 Å². The first-order valence-corrected chi connectivity index (χ1v) is 9.49. The zero-order valence-electron chi connectivity index (χ0n) is 12.7. The number of pyridine rings is 1. The molecule has 3 heterocycles. The second-order valence-electron chi connectivity index (χ2n) is 6.21. The van der Waals surface area contributed by atoms with Crippen LogP contribution in [0.1, 0.15) is 25.7 Å². The van der Waals surface area contributed by atoms with Gasteiger partial charge in [-0.3, -0.25) is 4.98 Å². The third kappa shape index (κ3) is 3.00. The Morgan fingerprint density at radius 3 is 2.65 bits per heavy atom. The van der Waals surface area contributed by atoms with E-state index in [9.17, 15) is 8.42 Å². The molecule has 0 spiro atoms. The first-order chi connectivity index (χ1) is 11.1. The van der Waals surface area contributed by atoms with Gasteiger partial charge in [-0.15, -0.1) is 0 Å². The Labute approximate surface area is 135 Å². The molecule has 122 valence electrons. The van der Waals surface area contributed by atoms with Gasteiger partial charge in [-0.25, -0.2) is 23.1 Å². The molecule has 0 radical (unpaired) electrons. The zero-order valence-corrected chi connectivity index (χ0v) is 13.5. The van der Waals surface area contributed by atoms with Crippen molar-refractivity contribution in [1.82, 2.24) is 19.7 Å². The molecular weight excluding hydrogens is 314 g/mol. The molecule has 1 aliphatic heterocycles. The maximum Gasteiger partial charge on any atom is 0.214 e. The molecule has 23 heavy (non-hydrogen) atoms. The number of hydrogen-bond donors (Lipinski definition) is 1. The topological polar surface area (TPSA) is 88.1 Å². The van der Waals surface area contributed by atoms with E-state index in [0.717, 1.165) is 55.5 Å². The number of sulfonamides is 1. The van der Waals surface area contributed by atoms with E-state index >= 15 is 0 Å². The molecular formula is C15H19N5O2S. The number of anilines is 1. The normalized spacial score (nSPS) is 20.1. The van der Waals surface area contributed by atoms with Crippen molar-refractivity contribution in [3.63, 3.8) is 0 Å². The standard InChI is InChI=1S/C15H19N5O2S/c21-23(22,12-1-2-12)19-11-4-7-20(8-5-11)15-13-3-6-16-9-14(13)17-10-18-15/h3,6,9-12,19H,1-2,4-5,7-8H2. The molecule has 1 saturated carbocycles. The quantitative estimate of drug-likeness (QED) is 0.900. The summed E-state index contributed by atoms with van der Waals surface area (Å²) in [5.41, 5.74) is 0.828. The number of nitrogens with one attached hydrogen (secondary N) is 1. The monoisotopic (exact) mass is 333 g/mol. The maximum atomic E-state index is 12.0. The summed E-state index contributed by atoms with van der Waals surface area (Å²) in [5.74, 6) is 0.904. The molecule has 0 aromatic carbocycles.